The number of hydrogen-bond acceptors (Lipinski definition) is 5. The highest BCUT2D eigenvalue weighted by molar-refractivity contribution is 5.79. The Bertz CT molecular complexity index is 421. The molecule has 0 heterocycles. The molecule has 6 heteroatoms. The lowest BCUT2D eigenvalue weighted by molar-refractivity contribution is -0.121. The Morgan fingerprint density at radius 1 is 1.06 bits per heavy atom. The molecule has 1 aromatic carbocycles. The number of benzene rings is 1. The van der Waals surface area contributed by atoms with Crippen molar-refractivity contribution in [3.8, 4) is 17.2 Å². The Morgan fingerprint density at radius 3 is 2.11 bits per heavy atom. The van der Waals surface area contributed by atoms with Gasteiger partial charge in [-0.15, -0.1) is 0 Å². The first-order chi connectivity index (χ1) is 8.65. The van der Waals surface area contributed by atoms with E-state index in [-0.39, 0.29) is 12.3 Å². The van der Waals surface area contributed by atoms with E-state index in [9.17, 15) is 4.79 Å². The van der Waals surface area contributed by atoms with E-state index in [4.69, 9.17) is 14.2 Å². The van der Waals surface area contributed by atoms with Crippen molar-refractivity contribution in [3.05, 3.63) is 17.7 Å². The summed E-state index contributed by atoms with van der Waals surface area (Å²) in [5.41, 5.74) is 5.80. The molecule has 1 aromatic rings. The van der Waals surface area contributed by atoms with Gasteiger partial charge in [-0.3, -0.25) is 10.2 Å². The number of nitrogens with one attached hydrogen (secondary N) is 2. The summed E-state index contributed by atoms with van der Waals surface area (Å²) in [5.74, 6) is 1.54. The first kappa shape index (κ1) is 14.1. The molecule has 2 N–H and O–H groups in total. The Hall–Kier alpha value is -1.95. The average molecular weight is 254 g/mol. The third-order valence-corrected chi connectivity index (χ3v) is 2.40. The molecule has 0 saturated carbocycles. The minimum Gasteiger partial charge on any atom is -0.496 e. The van der Waals surface area contributed by atoms with Gasteiger partial charge in [-0.2, -0.15) is 0 Å². The van der Waals surface area contributed by atoms with Crippen LogP contribution in [0.5, 0.6) is 17.2 Å². The third kappa shape index (κ3) is 3.27. The fourth-order valence-electron chi connectivity index (χ4n) is 1.59. The molecular formula is C12H18N2O4. The largest absolute Gasteiger partial charge is 0.496 e. The molecule has 0 fully saturated rings. The van der Waals surface area contributed by atoms with Gasteiger partial charge >= 0.3 is 0 Å². The number of rotatable bonds is 6. The summed E-state index contributed by atoms with van der Waals surface area (Å²) in [6, 6.07) is 3.42. The first-order valence-electron chi connectivity index (χ1n) is 5.40. The lowest BCUT2D eigenvalue weighted by atomic mass is 10.1. The van der Waals surface area contributed by atoms with Crippen LogP contribution in [0.25, 0.3) is 0 Å². The van der Waals surface area contributed by atoms with Gasteiger partial charge in [0.1, 0.15) is 5.75 Å². The van der Waals surface area contributed by atoms with Gasteiger partial charge in [0.05, 0.1) is 27.8 Å². The van der Waals surface area contributed by atoms with Crippen LogP contribution in [-0.2, 0) is 11.2 Å². The molecule has 100 valence electrons. The predicted octanol–water partition coefficient (Wildman–Crippen LogP) is 0.505. The summed E-state index contributed by atoms with van der Waals surface area (Å²) in [7, 11) is 6.26. The van der Waals surface area contributed by atoms with Gasteiger partial charge in [-0.05, 0) is 6.07 Å². The average Bonchev–Trinajstić information content (AvgIpc) is 2.38. The zero-order chi connectivity index (χ0) is 13.5. The number of amides is 1. The van der Waals surface area contributed by atoms with Crippen LogP contribution in [0.3, 0.4) is 0 Å². The molecule has 0 bridgehead atoms. The topological polar surface area (TPSA) is 68.8 Å². The summed E-state index contributed by atoms with van der Waals surface area (Å²) >= 11 is 0. The van der Waals surface area contributed by atoms with E-state index < -0.39 is 0 Å². The van der Waals surface area contributed by atoms with Crippen molar-refractivity contribution in [2.24, 2.45) is 0 Å². The molecule has 0 radical (unpaired) electrons. The van der Waals surface area contributed by atoms with Crippen LogP contribution in [0.2, 0.25) is 0 Å². The number of hydrazine groups is 1. The van der Waals surface area contributed by atoms with Crippen LogP contribution in [0.15, 0.2) is 12.1 Å². The van der Waals surface area contributed by atoms with Crippen LogP contribution in [0.4, 0.5) is 0 Å². The summed E-state index contributed by atoms with van der Waals surface area (Å²) in [6.07, 6.45) is 0.185. The van der Waals surface area contributed by atoms with Gasteiger partial charge in [0.2, 0.25) is 5.91 Å². The van der Waals surface area contributed by atoms with Crippen molar-refractivity contribution in [1.29, 1.82) is 0 Å². The lowest BCUT2D eigenvalue weighted by Crippen LogP contribution is -2.35. The highest BCUT2D eigenvalue weighted by Crippen LogP contribution is 2.34. The molecule has 6 nitrogen and oxygen atoms in total. The van der Waals surface area contributed by atoms with Crippen molar-refractivity contribution in [2.75, 3.05) is 28.4 Å². The van der Waals surface area contributed by atoms with E-state index in [1.165, 1.54) is 0 Å². The quantitative estimate of drug-likeness (QED) is 0.724. The van der Waals surface area contributed by atoms with Crippen LogP contribution in [0, 0.1) is 0 Å². The van der Waals surface area contributed by atoms with Crippen LogP contribution < -0.4 is 25.1 Å². The highest BCUT2D eigenvalue weighted by atomic mass is 16.5. The molecule has 18 heavy (non-hydrogen) atoms. The monoisotopic (exact) mass is 254 g/mol. The van der Waals surface area contributed by atoms with E-state index in [2.05, 4.69) is 10.9 Å². The smallest absolute Gasteiger partial charge is 0.238 e. The normalized spacial score (nSPS) is 9.78. The second-order valence-corrected chi connectivity index (χ2v) is 3.49. The SMILES string of the molecule is CNNC(=O)Cc1cc(OC)c(OC)cc1OC. The zero-order valence-corrected chi connectivity index (χ0v) is 11.0. The fraction of sp³-hybridized carbons (Fsp3) is 0.417. The first-order valence-corrected chi connectivity index (χ1v) is 5.40. The van der Waals surface area contributed by atoms with E-state index in [1.807, 2.05) is 0 Å². The van der Waals surface area contributed by atoms with Gasteiger partial charge in [0.15, 0.2) is 11.5 Å². The molecule has 0 atom stereocenters. The van der Waals surface area contributed by atoms with Gasteiger partial charge in [-0.25, -0.2) is 5.43 Å². The molecular weight excluding hydrogens is 236 g/mol. The number of methoxy groups -OCH3 is 3. The molecule has 0 spiro atoms. The second-order valence-electron chi connectivity index (χ2n) is 3.49. The predicted molar refractivity (Wildman–Crippen MR) is 67.0 cm³/mol. The number of ether oxygens (including phenoxy) is 3. The van der Waals surface area contributed by atoms with Crippen molar-refractivity contribution in [2.45, 2.75) is 6.42 Å². The summed E-state index contributed by atoms with van der Waals surface area (Å²) in [6.45, 7) is 0. The standard InChI is InChI=1S/C12H18N2O4/c1-13-14-12(15)6-8-5-10(17-3)11(18-4)7-9(8)16-2/h5,7,13H,6H2,1-4H3,(H,14,15). The van der Waals surface area contributed by atoms with Gasteiger partial charge in [0.25, 0.3) is 0 Å². The van der Waals surface area contributed by atoms with Gasteiger partial charge in [-0.1, -0.05) is 0 Å². The number of carbonyl (C=O) groups is 1. The molecule has 1 rings (SSSR count). The van der Waals surface area contributed by atoms with E-state index in [1.54, 1.807) is 40.5 Å². The maximum absolute atomic E-state index is 11.5. The van der Waals surface area contributed by atoms with Crippen LogP contribution >= 0.6 is 0 Å². The maximum atomic E-state index is 11.5. The third-order valence-electron chi connectivity index (χ3n) is 2.40. The van der Waals surface area contributed by atoms with Crippen molar-refractivity contribution < 1.29 is 19.0 Å². The zero-order valence-electron chi connectivity index (χ0n) is 11.0. The van der Waals surface area contributed by atoms with Crippen molar-refractivity contribution >= 4 is 5.91 Å². The Labute approximate surface area is 106 Å². The Balaban J connectivity index is 3.05. The van der Waals surface area contributed by atoms with Crippen molar-refractivity contribution in [1.82, 2.24) is 10.9 Å². The maximum Gasteiger partial charge on any atom is 0.238 e. The minimum atomic E-state index is -0.164. The van der Waals surface area contributed by atoms with Gasteiger partial charge < -0.3 is 14.2 Å². The van der Waals surface area contributed by atoms with Crippen LogP contribution in [0.1, 0.15) is 5.56 Å². The van der Waals surface area contributed by atoms with Crippen molar-refractivity contribution in [3.63, 3.8) is 0 Å². The Kier molecular flexibility index (Phi) is 5.26. The number of hydrogen-bond donors (Lipinski definition) is 2. The molecule has 0 aliphatic heterocycles. The highest BCUT2D eigenvalue weighted by Gasteiger charge is 2.14. The fourth-order valence-corrected chi connectivity index (χ4v) is 1.59. The molecule has 0 aliphatic carbocycles. The second kappa shape index (κ2) is 6.70. The summed E-state index contributed by atoms with van der Waals surface area (Å²) in [5, 5.41) is 0. The lowest BCUT2D eigenvalue weighted by Gasteiger charge is -2.13. The van der Waals surface area contributed by atoms with E-state index in [0.717, 1.165) is 5.56 Å². The van der Waals surface area contributed by atoms with Gasteiger partial charge in [0, 0.05) is 18.7 Å². The van der Waals surface area contributed by atoms with Crippen LogP contribution in [-0.4, -0.2) is 34.3 Å². The summed E-state index contributed by atoms with van der Waals surface area (Å²) < 4.78 is 15.6. The molecule has 0 saturated heterocycles. The van der Waals surface area contributed by atoms with E-state index >= 15 is 0 Å². The number of carbonyl (C=O) groups excluding carboxylic acids is 1. The molecule has 0 aliphatic rings. The summed E-state index contributed by atoms with van der Waals surface area (Å²) in [4.78, 5) is 11.5. The molecule has 0 aromatic heterocycles. The minimum absolute atomic E-state index is 0.164. The molecule has 0 unspecified atom stereocenters. The Morgan fingerprint density at radius 2 is 1.61 bits per heavy atom. The molecule has 1 amide bonds. The van der Waals surface area contributed by atoms with E-state index in [0.29, 0.717) is 17.2 Å².